The minimum Gasteiger partial charge on any atom is -0.310 e. The van der Waals surface area contributed by atoms with E-state index >= 15 is 0 Å². The van der Waals surface area contributed by atoms with Gasteiger partial charge in [-0.2, -0.15) is 0 Å². The molecule has 1 aromatic rings. The quantitative estimate of drug-likeness (QED) is 0.860. The van der Waals surface area contributed by atoms with Gasteiger partial charge in [-0.15, -0.1) is 0 Å². The van der Waals surface area contributed by atoms with Crippen LogP contribution in [0.2, 0.25) is 0 Å². The molecule has 0 aromatic heterocycles. The van der Waals surface area contributed by atoms with Crippen molar-refractivity contribution in [2.45, 2.75) is 31.2 Å². The van der Waals surface area contributed by atoms with Crippen LogP contribution >= 0.6 is 0 Å². The first-order chi connectivity index (χ1) is 8.39. The van der Waals surface area contributed by atoms with E-state index in [0.29, 0.717) is 4.90 Å². The van der Waals surface area contributed by atoms with Crippen molar-refractivity contribution in [1.29, 1.82) is 0 Å². The van der Waals surface area contributed by atoms with E-state index in [2.05, 4.69) is 12.2 Å². The third-order valence-electron chi connectivity index (χ3n) is 2.84. The normalized spacial score (nSPS) is 13.8. The van der Waals surface area contributed by atoms with Crippen molar-refractivity contribution in [3.8, 4) is 0 Å². The van der Waals surface area contributed by atoms with Gasteiger partial charge < -0.3 is 5.32 Å². The summed E-state index contributed by atoms with van der Waals surface area (Å²) in [4.78, 5) is 0.343. The molecule has 102 valence electrons. The third-order valence-corrected chi connectivity index (χ3v) is 4.65. The molecule has 4 nitrogen and oxygen atoms in total. The Morgan fingerprint density at radius 3 is 2.56 bits per heavy atom. The van der Waals surface area contributed by atoms with Gasteiger partial charge in [0.05, 0.1) is 4.90 Å². The van der Waals surface area contributed by atoms with Crippen molar-refractivity contribution in [3.63, 3.8) is 0 Å². The van der Waals surface area contributed by atoms with E-state index in [1.54, 1.807) is 32.3 Å². The number of rotatable bonds is 6. The first-order valence-corrected chi connectivity index (χ1v) is 7.59. The highest BCUT2D eigenvalue weighted by Gasteiger charge is 2.18. The van der Waals surface area contributed by atoms with Crippen LogP contribution in [-0.2, 0) is 10.0 Å². The van der Waals surface area contributed by atoms with Gasteiger partial charge in [0.2, 0.25) is 10.0 Å². The summed E-state index contributed by atoms with van der Waals surface area (Å²) in [5.41, 5.74) is 0.992. The second-order valence-electron chi connectivity index (χ2n) is 4.54. The van der Waals surface area contributed by atoms with E-state index in [9.17, 15) is 8.42 Å². The van der Waals surface area contributed by atoms with Gasteiger partial charge in [-0.3, -0.25) is 0 Å². The van der Waals surface area contributed by atoms with Crippen molar-refractivity contribution in [2.75, 3.05) is 20.6 Å². The van der Waals surface area contributed by atoms with Crippen molar-refractivity contribution in [2.24, 2.45) is 0 Å². The molecule has 0 spiro atoms. The van der Waals surface area contributed by atoms with Crippen molar-refractivity contribution in [1.82, 2.24) is 9.62 Å². The second-order valence-corrected chi connectivity index (χ2v) is 6.69. The van der Waals surface area contributed by atoms with Gasteiger partial charge in [0.15, 0.2) is 0 Å². The molecule has 0 aliphatic heterocycles. The Balaban J connectivity index is 2.99. The molecule has 5 heteroatoms. The third kappa shape index (κ3) is 3.54. The van der Waals surface area contributed by atoms with Crippen LogP contribution in [0, 0.1) is 0 Å². The maximum Gasteiger partial charge on any atom is 0.242 e. The van der Waals surface area contributed by atoms with Crippen LogP contribution in [0.4, 0.5) is 0 Å². The second kappa shape index (κ2) is 6.31. The van der Waals surface area contributed by atoms with Gasteiger partial charge in [0.1, 0.15) is 0 Å². The molecular weight excluding hydrogens is 248 g/mol. The fraction of sp³-hybridized carbons (Fsp3) is 0.538. The molecule has 0 saturated carbocycles. The zero-order chi connectivity index (χ0) is 13.8. The van der Waals surface area contributed by atoms with E-state index in [4.69, 9.17) is 0 Å². The SMILES string of the molecule is CCCNC(C)c1cccc(S(=O)(=O)N(C)C)c1. The first-order valence-electron chi connectivity index (χ1n) is 6.15. The van der Waals surface area contributed by atoms with Crippen molar-refractivity contribution < 1.29 is 8.42 Å². The van der Waals surface area contributed by atoms with Gasteiger partial charge in [0, 0.05) is 20.1 Å². The summed E-state index contributed by atoms with van der Waals surface area (Å²) >= 11 is 0. The molecule has 1 rings (SSSR count). The summed E-state index contributed by atoms with van der Waals surface area (Å²) in [5, 5.41) is 3.35. The Kier molecular flexibility index (Phi) is 5.31. The lowest BCUT2D eigenvalue weighted by molar-refractivity contribution is 0.520. The lowest BCUT2D eigenvalue weighted by Gasteiger charge is -2.16. The monoisotopic (exact) mass is 270 g/mol. The topological polar surface area (TPSA) is 49.4 Å². The van der Waals surface area contributed by atoms with Gasteiger partial charge in [0.25, 0.3) is 0 Å². The molecule has 0 fully saturated rings. The number of nitrogens with one attached hydrogen (secondary N) is 1. The smallest absolute Gasteiger partial charge is 0.242 e. The number of hydrogen-bond acceptors (Lipinski definition) is 3. The number of hydrogen-bond donors (Lipinski definition) is 1. The predicted octanol–water partition coefficient (Wildman–Crippen LogP) is 2.00. The fourth-order valence-electron chi connectivity index (χ4n) is 1.63. The van der Waals surface area contributed by atoms with Crippen LogP contribution in [0.25, 0.3) is 0 Å². The highest BCUT2D eigenvalue weighted by molar-refractivity contribution is 7.89. The molecule has 0 saturated heterocycles. The van der Waals surface area contributed by atoms with Crippen LogP contribution in [0.5, 0.6) is 0 Å². The fourth-order valence-corrected chi connectivity index (χ4v) is 2.59. The van der Waals surface area contributed by atoms with E-state index in [1.807, 2.05) is 13.0 Å². The molecule has 0 aliphatic rings. The Morgan fingerprint density at radius 1 is 1.33 bits per heavy atom. The molecule has 0 bridgehead atoms. The van der Waals surface area contributed by atoms with Gasteiger partial charge in [-0.1, -0.05) is 19.1 Å². The average molecular weight is 270 g/mol. The standard InChI is InChI=1S/C13H22N2O2S/c1-5-9-14-11(2)12-7-6-8-13(10-12)18(16,17)15(3)4/h6-8,10-11,14H,5,9H2,1-4H3. The molecule has 0 aliphatic carbocycles. The van der Waals surface area contributed by atoms with Gasteiger partial charge in [-0.25, -0.2) is 12.7 Å². The minimum atomic E-state index is -3.35. The van der Waals surface area contributed by atoms with Crippen molar-refractivity contribution in [3.05, 3.63) is 29.8 Å². The highest BCUT2D eigenvalue weighted by Crippen LogP contribution is 2.19. The van der Waals surface area contributed by atoms with Gasteiger partial charge >= 0.3 is 0 Å². The molecule has 0 radical (unpaired) electrons. The largest absolute Gasteiger partial charge is 0.310 e. The summed E-state index contributed by atoms with van der Waals surface area (Å²) < 4.78 is 25.3. The van der Waals surface area contributed by atoms with Crippen molar-refractivity contribution >= 4 is 10.0 Å². The zero-order valence-corrected chi connectivity index (χ0v) is 12.3. The van der Waals surface area contributed by atoms with Crippen LogP contribution < -0.4 is 5.32 Å². The maximum atomic E-state index is 12.0. The average Bonchev–Trinajstić information content (AvgIpc) is 2.35. The Morgan fingerprint density at radius 2 is 2.00 bits per heavy atom. The van der Waals surface area contributed by atoms with Gasteiger partial charge in [-0.05, 0) is 37.6 Å². The molecule has 1 aromatic carbocycles. The molecule has 0 amide bonds. The molecule has 18 heavy (non-hydrogen) atoms. The summed E-state index contributed by atoms with van der Waals surface area (Å²) in [6, 6.07) is 7.26. The molecule has 1 atom stereocenters. The Hall–Kier alpha value is -0.910. The predicted molar refractivity (Wildman–Crippen MR) is 74.0 cm³/mol. The summed E-state index contributed by atoms with van der Waals surface area (Å²) in [5.74, 6) is 0. The molecule has 1 N–H and O–H groups in total. The van der Waals surface area contributed by atoms with Crippen LogP contribution in [0.3, 0.4) is 0 Å². The van der Waals surface area contributed by atoms with E-state index in [1.165, 1.54) is 4.31 Å². The van der Waals surface area contributed by atoms with E-state index < -0.39 is 10.0 Å². The highest BCUT2D eigenvalue weighted by atomic mass is 32.2. The lowest BCUT2D eigenvalue weighted by Crippen LogP contribution is -2.23. The minimum absolute atomic E-state index is 0.155. The van der Waals surface area contributed by atoms with Crippen LogP contribution in [0.1, 0.15) is 31.9 Å². The maximum absolute atomic E-state index is 12.0. The number of nitrogens with zero attached hydrogens (tertiary/aromatic N) is 1. The van der Waals surface area contributed by atoms with Crippen LogP contribution in [0.15, 0.2) is 29.2 Å². The first kappa shape index (κ1) is 15.1. The summed E-state index contributed by atoms with van der Waals surface area (Å²) in [6.07, 6.45) is 1.06. The lowest BCUT2D eigenvalue weighted by atomic mass is 10.1. The van der Waals surface area contributed by atoms with Crippen LogP contribution in [-0.4, -0.2) is 33.4 Å². The molecule has 0 heterocycles. The summed E-state index contributed by atoms with van der Waals surface area (Å²) in [7, 11) is -0.263. The Labute approximate surface area is 110 Å². The molecule has 1 unspecified atom stereocenters. The van der Waals surface area contributed by atoms with E-state index in [-0.39, 0.29) is 6.04 Å². The summed E-state index contributed by atoms with van der Waals surface area (Å²) in [6.45, 7) is 5.07. The number of sulfonamides is 1. The zero-order valence-electron chi connectivity index (χ0n) is 11.5. The number of benzene rings is 1. The molecular formula is C13H22N2O2S. The Bertz CT molecular complexity index is 484. The van der Waals surface area contributed by atoms with E-state index in [0.717, 1.165) is 18.5 Å².